The molecular weight excluding hydrogens is 160 g/mol. The Kier molecular flexibility index (Phi) is 1.86. The molecule has 2 rings (SSSR count). The summed E-state index contributed by atoms with van der Waals surface area (Å²) >= 11 is 0. The molecular formula is C9H15F2N. The summed E-state index contributed by atoms with van der Waals surface area (Å²) in [5.74, 6) is 0. The van der Waals surface area contributed by atoms with Crippen molar-refractivity contribution < 1.29 is 8.78 Å². The third-order valence-electron chi connectivity index (χ3n) is 3.75. The number of halogens is 2. The molecule has 12 heavy (non-hydrogen) atoms. The maximum absolute atomic E-state index is 12.6. The Bertz CT molecular complexity index is 171. The molecule has 0 bridgehead atoms. The topological polar surface area (TPSA) is 12.0 Å². The Balaban J connectivity index is 2.05. The van der Waals surface area contributed by atoms with E-state index in [0.717, 1.165) is 32.4 Å². The zero-order valence-corrected chi connectivity index (χ0v) is 7.21. The van der Waals surface area contributed by atoms with Gasteiger partial charge >= 0.3 is 0 Å². The fraction of sp³-hybridized carbons (Fsp3) is 1.00. The molecule has 2 aliphatic rings. The van der Waals surface area contributed by atoms with Gasteiger partial charge in [-0.3, -0.25) is 8.78 Å². The summed E-state index contributed by atoms with van der Waals surface area (Å²) in [6.07, 6.45) is 2.69. The Labute approximate surface area is 71.5 Å². The molecule has 1 heterocycles. The van der Waals surface area contributed by atoms with Crippen LogP contribution in [-0.4, -0.2) is 26.4 Å². The SMILES string of the molecule is FCC1(CF)CC12CCNCC2. The first-order valence-electron chi connectivity index (χ1n) is 4.61. The van der Waals surface area contributed by atoms with E-state index in [9.17, 15) is 8.78 Å². The van der Waals surface area contributed by atoms with Gasteiger partial charge in [-0.05, 0) is 37.8 Å². The summed E-state index contributed by atoms with van der Waals surface area (Å²) < 4.78 is 25.2. The van der Waals surface area contributed by atoms with E-state index >= 15 is 0 Å². The maximum atomic E-state index is 12.6. The normalized spacial score (nSPS) is 30.5. The van der Waals surface area contributed by atoms with Gasteiger partial charge in [0.2, 0.25) is 0 Å². The second kappa shape index (κ2) is 2.66. The van der Waals surface area contributed by atoms with E-state index < -0.39 is 18.8 Å². The Morgan fingerprint density at radius 3 is 2.08 bits per heavy atom. The smallest absolute Gasteiger partial charge is 0.0981 e. The van der Waals surface area contributed by atoms with E-state index in [1.807, 2.05) is 0 Å². The second-order valence-corrected chi connectivity index (χ2v) is 4.25. The summed E-state index contributed by atoms with van der Waals surface area (Å²) in [4.78, 5) is 0. The van der Waals surface area contributed by atoms with Gasteiger partial charge < -0.3 is 5.32 Å². The quantitative estimate of drug-likeness (QED) is 0.673. The van der Waals surface area contributed by atoms with Crippen molar-refractivity contribution >= 4 is 0 Å². The highest BCUT2D eigenvalue weighted by molar-refractivity contribution is 5.15. The van der Waals surface area contributed by atoms with Crippen molar-refractivity contribution in [1.29, 1.82) is 0 Å². The molecule has 1 saturated carbocycles. The van der Waals surface area contributed by atoms with E-state index in [1.54, 1.807) is 0 Å². The lowest BCUT2D eigenvalue weighted by Crippen LogP contribution is -2.33. The van der Waals surface area contributed by atoms with Crippen LogP contribution in [0.2, 0.25) is 0 Å². The van der Waals surface area contributed by atoms with Crippen LogP contribution in [0.4, 0.5) is 8.78 Å². The molecule has 0 radical (unpaired) electrons. The first kappa shape index (κ1) is 8.42. The number of piperidine rings is 1. The van der Waals surface area contributed by atoms with E-state index in [2.05, 4.69) is 5.32 Å². The van der Waals surface area contributed by atoms with Crippen molar-refractivity contribution in [3.63, 3.8) is 0 Å². The van der Waals surface area contributed by atoms with Gasteiger partial charge in [-0.1, -0.05) is 0 Å². The predicted molar refractivity (Wildman–Crippen MR) is 43.5 cm³/mol. The van der Waals surface area contributed by atoms with Crippen LogP contribution in [-0.2, 0) is 0 Å². The fourth-order valence-electron chi connectivity index (χ4n) is 2.63. The molecule has 1 spiro atoms. The molecule has 2 fully saturated rings. The zero-order chi connectivity index (χ0) is 8.66. The minimum Gasteiger partial charge on any atom is -0.317 e. The van der Waals surface area contributed by atoms with E-state index in [4.69, 9.17) is 0 Å². The van der Waals surface area contributed by atoms with Crippen LogP contribution in [0.25, 0.3) is 0 Å². The molecule has 1 aliphatic heterocycles. The summed E-state index contributed by atoms with van der Waals surface area (Å²) in [7, 11) is 0. The third-order valence-corrected chi connectivity index (χ3v) is 3.75. The number of hydrogen-bond acceptors (Lipinski definition) is 1. The second-order valence-electron chi connectivity index (χ2n) is 4.25. The van der Waals surface area contributed by atoms with Gasteiger partial charge in [0.15, 0.2) is 0 Å². The summed E-state index contributed by atoms with van der Waals surface area (Å²) in [5.41, 5.74) is -0.545. The lowest BCUT2D eigenvalue weighted by atomic mass is 9.86. The van der Waals surface area contributed by atoms with Gasteiger partial charge in [0.05, 0.1) is 13.3 Å². The predicted octanol–water partition coefficient (Wildman–Crippen LogP) is 1.69. The molecule has 0 aromatic carbocycles. The van der Waals surface area contributed by atoms with E-state index in [1.165, 1.54) is 0 Å². The average Bonchev–Trinajstić information content (AvgIpc) is 2.75. The fourth-order valence-corrected chi connectivity index (χ4v) is 2.63. The zero-order valence-electron chi connectivity index (χ0n) is 7.21. The minimum absolute atomic E-state index is 0.0295. The minimum atomic E-state index is -0.574. The van der Waals surface area contributed by atoms with Gasteiger partial charge in [0.1, 0.15) is 0 Å². The molecule has 1 N–H and O–H groups in total. The molecule has 0 amide bonds. The average molecular weight is 175 g/mol. The van der Waals surface area contributed by atoms with Crippen LogP contribution < -0.4 is 5.32 Å². The largest absolute Gasteiger partial charge is 0.317 e. The summed E-state index contributed by atoms with van der Waals surface area (Å²) in [6.45, 7) is 0.927. The number of nitrogens with one attached hydrogen (secondary N) is 1. The van der Waals surface area contributed by atoms with Crippen molar-refractivity contribution in [3.05, 3.63) is 0 Å². The van der Waals surface area contributed by atoms with Crippen molar-refractivity contribution in [1.82, 2.24) is 5.32 Å². The monoisotopic (exact) mass is 175 g/mol. The Hall–Kier alpha value is -0.180. The first-order chi connectivity index (χ1) is 5.79. The third kappa shape index (κ3) is 0.920. The van der Waals surface area contributed by atoms with Crippen molar-refractivity contribution in [3.8, 4) is 0 Å². The van der Waals surface area contributed by atoms with Crippen molar-refractivity contribution in [2.45, 2.75) is 19.3 Å². The molecule has 0 aromatic rings. The molecule has 0 aromatic heterocycles. The molecule has 0 atom stereocenters. The van der Waals surface area contributed by atoms with Gasteiger partial charge in [-0.25, -0.2) is 0 Å². The lowest BCUT2D eigenvalue weighted by molar-refractivity contribution is 0.176. The molecule has 0 unspecified atom stereocenters. The lowest BCUT2D eigenvalue weighted by Gasteiger charge is -2.26. The van der Waals surface area contributed by atoms with Crippen molar-refractivity contribution in [2.75, 3.05) is 26.4 Å². The van der Waals surface area contributed by atoms with Crippen LogP contribution in [0, 0.1) is 10.8 Å². The van der Waals surface area contributed by atoms with E-state index in [-0.39, 0.29) is 5.41 Å². The number of hydrogen-bond donors (Lipinski definition) is 1. The molecule has 1 aliphatic carbocycles. The van der Waals surface area contributed by atoms with Gasteiger partial charge in [-0.2, -0.15) is 0 Å². The maximum Gasteiger partial charge on any atom is 0.0981 e. The van der Waals surface area contributed by atoms with Crippen LogP contribution in [0.15, 0.2) is 0 Å². The molecule has 1 nitrogen and oxygen atoms in total. The Morgan fingerprint density at radius 1 is 1.08 bits per heavy atom. The standard InChI is InChI=1S/C9H15F2N/c10-6-9(7-11)5-8(9)1-3-12-4-2-8/h12H,1-7H2. The molecule has 3 heteroatoms. The van der Waals surface area contributed by atoms with Crippen molar-refractivity contribution in [2.24, 2.45) is 10.8 Å². The number of rotatable bonds is 2. The van der Waals surface area contributed by atoms with Crippen LogP contribution in [0.3, 0.4) is 0 Å². The molecule has 1 saturated heterocycles. The first-order valence-corrected chi connectivity index (χ1v) is 4.61. The highest BCUT2D eigenvalue weighted by Gasteiger charge is 2.66. The highest BCUT2D eigenvalue weighted by Crippen LogP contribution is 2.68. The van der Waals surface area contributed by atoms with Gasteiger partial charge in [0, 0.05) is 5.41 Å². The van der Waals surface area contributed by atoms with Gasteiger partial charge in [0.25, 0.3) is 0 Å². The molecule has 70 valence electrons. The van der Waals surface area contributed by atoms with Crippen LogP contribution in [0.5, 0.6) is 0 Å². The summed E-state index contributed by atoms with van der Waals surface area (Å²) in [5, 5.41) is 3.22. The van der Waals surface area contributed by atoms with Gasteiger partial charge in [-0.15, -0.1) is 0 Å². The summed E-state index contributed by atoms with van der Waals surface area (Å²) in [6, 6.07) is 0. The van der Waals surface area contributed by atoms with Crippen LogP contribution >= 0.6 is 0 Å². The number of alkyl halides is 2. The highest BCUT2D eigenvalue weighted by atomic mass is 19.1. The Morgan fingerprint density at radius 2 is 1.67 bits per heavy atom. The van der Waals surface area contributed by atoms with Crippen LogP contribution in [0.1, 0.15) is 19.3 Å². The van der Waals surface area contributed by atoms with E-state index in [0.29, 0.717) is 0 Å².